The highest BCUT2D eigenvalue weighted by Crippen LogP contribution is 2.22. The Balaban J connectivity index is 2.24. The number of hydrogen-bond acceptors (Lipinski definition) is 3. The van der Waals surface area contributed by atoms with E-state index in [-0.39, 0.29) is 11.2 Å². The maximum Gasteiger partial charge on any atom is 0.209 e. The Morgan fingerprint density at radius 1 is 1.20 bits per heavy atom. The molecule has 77 valence electrons. The Morgan fingerprint density at radius 3 is 2.27 bits per heavy atom. The number of rotatable bonds is 2. The number of Topliss-reactive ketones (excluding diaryl/α,β-unsaturated/α-hetero) is 1. The first-order valence-electron chi connectivity index (χ1n) is 4.91. The minimum absolute atomic E-state index is 0.0282. The standard InChI is InChI=1S/C12H13N2O/c1-12(2,3)10-7-13-9(6-14-10)11(15)8-4-5-8/h4-7H,1-3H3. The summed E-state index contributed by atoms with van der Waals surface area (Å²) in [6.07, 6.45) is 6.79. The van der Waals surface area contributed by atoms with Crippen LogP contribution in [0.15, 0.2) is 24.0 Å². The Morgan fingerprint density at radius 2 is 1.87 bits per heavy atom. The van der Waals surface area contributed by atoms with Crippen LogP contribution in [0.3, 0.4) is 0 Å². The van der Waals surface area contributed by atoms with Crippen molar-refractivity contribution in [2.24, 2.45) is 0 Å². The van der Waals surface area contributed by atoms with E-state index in [1.54, 1.807) is 24.9 Å². The van der Waals surface area contributed by atoms with Crippen LogP contribution < -0.4 is 0 Å². The summed E-state index contributed by atoms with van der Waals surface area (Å²) in [4.78, 5) is 20.0. The Bertz CT molecular complexity index is 424. The highest BCUT2D eigenvalue weighted by molar-refractivity contribution is 6.12. The van der Waals surface area contributed by atoms with Gasteiger partial charge in [-0.3, -0.25) is 9.78 Å². The predicted molar refractivity (Wildman–Crippen MR) is 57.4 cm³/mol. The fourth-order valence-corrected chi connectivity index (χ4v) is 1.17. The molecule has 0 atom stereocenters. The van der Waals surface area contributed by atoms with Crippen molar-refractivity contribution < 1.29 is 4.79 Å². The smallest absolute Gasteiger partial charge is 0.209 e. The number of nitrogens with zero attached hydrogens (tertiary/aromatic N) is 2. The summed E-state index contributed by atoms with van der Waals surface area (Å²) >= 11 is 0. The van der Waals surface area contributed by atoms with Crippen molar-refractivity contribution in [3.63, 3.8) is 0 Å². The first-order chi connectivity index (χ1) is 6.98. The molecule has 1 aromatic rings. The molecule has 1 aliphatic rings. The van der Waals surface area contributed by atoms with Gasteiger partial charge in [-0.05, 0) is 0 Å². The van der Waals surface area contributed by atoms with Crippen LogP contribution in [0.5, 0.6) is 0 Å². The maximum atomic E-state index is 11.6. The number of allylic oxidation sites excluding steroid dienone is 2. The molecule has 0 fully saturated rings. The van der Waals surface area contributed by atoms with Crippen molar-refractivity contribution in [1.29, 1.82) is 0 Å². The van der Waals surface area contributed by atoms with Gasteiger partial charge in [0.05, 0.1) is 11.9 Å². The molecule has 0 N–H and O–H groups in total. The van der Waals surface area contributed by atoms with Gasteiger partial charge in [0.2, 0.25) is 5.78 Å². The Labute approximate surface area is 89.3 Å². The van der Waals surface area contributed by atoms with Crippen LogP contribution in [0.25, 0.3) is 0 Å². The van der Waals surface area contributed by atoms with Crippen LogP contribution in [-0.2, 0) is 5.41 Å². The second-order valence-electron chi connectivity index (χ2n) is 4.65. The Hall–Kier alpha value is -1.51. The van der Waals surface area contributed by atoms with Gasteiger partial charge in [-0.2, -0.15) is 0 Å². The molecule has 3 nitrogen and oxygen atoms in total. The zero-order valence-corrected chi connectivity index (χ0v) is 9.11. The van der Waals surface area contributed by atoms with Gasteiger partial charge < -0.3 is 0 Å². The van der Waals surface area contributed by atoms with Gasteiger partial charge in [-0.25, -0.2) is 4.98 Å². The molecule has 0 spiro atoms. The molecule has 2 rings (SSSR count). The van der Waals surface area contributed by atoms with Crippen LogP contribution in [0, 0.1) is 6.42 Å². The molecule has 1 heterocycles. The monoisotopic (exact) mass is 201 g/mol. The van der Waals surface area contributed by atoms with Gasteiger partial charge in [0.15, 0.2) is 0 Å². The molecule has 0 saturated carbocycles. The number of carbonyl (C=O) groups is 1. The molecule has 1 radical (unpaired) electrons. The van der Waals surface area contributed by atoms with Crippen LogP contribution in [0.4, 0.5) is 0 Å². The van der Waals surface area contributed by atoms with E-state index in [1.807, 2.05) is 0 Å². The van der Waals surface area contributed by atoms with E-state index in [2.05, 4.69) is 30.7 Å². The van der Waals surface area contributed by atoms with Gasteiger partial charge >= 0.3 is 0 Å². The third-order valence-electron chi connectivity index (χ3n) is 2.25. The normalized spacial score (nSPS) is 14.7. The summed E-state index contributed by atoms with van der Waals surface area (Å²) < 4.78 is 0. The van der Waals surface area contributed by atoms with E-state index in [1.165, 1.54) is 0 Å². The zero-order chi connectivity index (χ0) is 11.1. The van der Waals surface area contributed by atoms with Crippen LogP contribution in [0.1, 0.15) is 37.0 Å². The Kier molecular flexibility index (Phi) is 2.18. The summed E-state index contributed by atoms with van der Waals surface area (Å²) in [5, 5.41) is 0. The van der Waals surface area contributed by atoms with E-state index in [0.29, 0.717) is 5.69 Å². The lowest BCUT2D eigenvalue weighted by atomic mass is 9.93. The molecule has 15 heavy (non-hydrogen) atoms. The lowest BCUT2D eigenvalue weighted by molar-refractivity contribution is 0.103. The summed E-state index contributed by atoms with van der Waals surface area (Å²) in [5.74, 6) is -0.0389. The number of aromatic nitrogens is 2. The topological polar surface area (TPSA) is 42.9 Å². The first kappa shape index (κ1) is 10.0. The highest BCUT2D eigenvalue weighted by Gasteiger charge is 2.22. The molecule has 0 unspecified atom stereocenters. The maximum absolute atomic E-state index is 11.6. The van der Waals surface area contributed by atoms with Crippen LogP contribution in [-0.4, -0.2) is 15.8 Å². The van der Waals surface area contributed by atoms with Gasteiger partial charge in [0.25, 0.3) is 0 Å². The molecule has 1 aromatic heterocycles. The van der Waals surface area contributed by atoms with E-state index in [4.69, 9.17) is 0 Å². The lowest BCUT2D eigenvalue weighted by Crippen LogP contribution is -2.15. The summed E-state index contributed by atoms with van der Waals surface area (Å²) in [6, 6.07) is 0. The summed E-state index contributed by atoms with van der Waals surface area (Å²) in [7, 11) is 0. The molecule has 0 aromatic carbocycles. The summed E-state index contributed by atoms with van der Waals surface area (Å²) in [5.41, 5.74) is 2.02. The van der Waals surface area contributed by atoms with Crippen LogP contribution in [0.2, 0.25) is 0 Å². The minimum atomic E-state index is -0.0389. The molecule has 3 heteroatoms. The number of hydrogen-bond donors (Lipinski definition) is 0. The average Bonchev–Trinajstić information content (AvgIpc) is 2.99. The van der Waals surface area contributed by atoms with Gasteiger partial charge in [-0.15, -0.1) is 0 Å². The largest absolute Gasteiger partial charge is 0.287 e. The summed E-state index contributed by atoms with van der Waals surface area (Å²) in [6.45, 7) is 6.20. The van der Waals surface area contributed by atoms with E-state index < -0.39 is 0 Å². The van der Waals surface area contributed by atoms with Gasteiger partial charge in [-0.1, -0.05) is 26.8 Å². The molecule has 0 saturated heterocycles. The fraction of sp³-hybridized carbons (Fsp3) is 0.333. The SMILES string of the molecule is CC(C)(C)c1cnc(C(=O)C2=C[CH]2)cn1. The van der Waals surface area contributed by atoms with E-state index >= 15 is 0 Å². The predicted octanol–water partition coefficient (Wildman–Crippen LogP) is 2.10. The van der Waals surface area contributed by atoms with Crippen molar-refractivity contribution >= 4 is 5.78 Å². The van der Waals surface area contributed by atoms with Crippen molar-refractivity contribution in [1.82, 2.24) is 9.97 Å². The molecule has 1 aliphatic carbocycles. The zero-order valence-electron chi connectivity index (χ0n) is 9.11. The molecule has 0 bridgehead atoms. The van der Waals surface area contributed by atoms with E-state index in [0.717, 1.165) is 11.3 Å². The van der Waals surface area contributed by atoms with Crippen molar-refractivity contribution in [2.75, 3.05) is 0 Å². The third-order valence-corrected chi connectivity index (χ3v) is 2.25. The van der Waals surface area contributed by atoms with Crippen molar-refractivity contribution in [3.05, 3.63) is 41.9 Å². The average molecular weight is 201 g/mol. The number of carbonyl (C=O) groups excluding carboxylic acids is 1. The van der Waals surface area contributed by atoms with Gasteiger partial charge in [0, 0.05) is 23.6 Å². The molecule has 0 aliphatic heterocycles. The lowest BCUT2D eigenvalue weighted by Gasteiger charge is -2.16. The highest BCUT2D eigenvalue weighted by atomic mass is 16.1. The van der Waals surface area contributed by atoms with Crippen LogP contribution >= 0.6 is 0 Å². The second-order valence-corrected chi connectivity index (χ2v) is 4.65. The quantitative estimate of drug-likeness (QED) is 0.688. The first-order valence-corrected chi connectivity index (χ1v) is 4.91. The second kappa shape index (κ2) is 3.26. The fourth-order valence-electron chi connectivity index (χ4n) is 1.17. The van der Waals surface area contributed by atoms with E-state index in [9.17, 15) is 4.79 Å². The minimum Gasteiger partial charge on any atom is -0.287 e. The number of ketones is 1. The van der Waals surface area contributed by atoms with Gasteiger partial charge in [0.1, 0.15) is 5.69 Å². The third kappa shape index (κ3) is 2.12. The molecular weight excluding hydrogens is 188 g/mol. The molecule has 0 amide bonds. The van der Waals surface area contributed by atoms with Crippen molar-refractivity contribution in [3.8, 4) is 0 Å². The van der Waals surface area contributed by atoms with Crippen molar-refractivity contribution in [2.45, 2.75) is 26.2 Å². The molecular formula is C12H13N2O.